The molecule has 0 fully saturated rings. The first-order valence-electron chi connectivity index (χ1n) is 6.89. The number of rotatable bonds is 5. The third-order valence-corrected chi connectivity index (χ3v) is 3.04. The molecule has 2 amide bonds. The van der Waals surface area contributed by atoms with Gasteiger partial charge in [0.2, 0.25) is 18.6 Å². The van der Waals surface area contributed by atoms with E-state index >= 15 is 0 Å². The van der Waals surface area contributed by atoms with Crippen molar-refractivity contribution in [2.45, 2.75) is 33.4 Å². The Balaban J connectivity index is 2.02. The smallest absolute Gasteiger partial charge is 0.239 e. The van der Waals surface area contributed by atoms with Crippen LogP contribution in [0.25, 0.3) is 0 Å². The maximum absolute atomic E-state index is 11.8. The van der Waals surface area contributed by atoms with E-state index in [0.29, 0.717) is 18.0 Å². The highest BCUT2D eigenvalue weighted by molar-refractivity contribution is 5.83. The van der Waals surface area contributed by atoms with E-state index in [2.05, 4.69) is 5.32 Å². The highest BCUT2D eigenvalue weighted by Crippen LogP contribution is 2.32. The molecule has 0 saturated heterocycles. The van der Waals surface area contributed by atoms with Crippen molar-refractivity contribution in [1.29, 1.82) is 0 Å². The van der Waals surface area contributed by atoms with Crippen LogP contribution in [0.1, 0.15) is 26.3 Å². The van der Waals surface area contributed by atoms with Crippen LogP contribution in [0.4, 0.5) is 0 Å². The van der Waals surface area contributed by atoms with Gasteiger partial charge in [-0.15, -0.1) is 0 Å². The van der Waals surface area contributed by atoms with Crippen molar-refractivity contribution in [2.24, 2.45) is 0 Å². The van der Waals surface area contributed by atoms with Crippen LogP contribution in [0.2, 0.25) is 0 Å². The van der Waals surface area contributed by atoms with Gasteiger partial charge in [0, 0.05) is 19.5 Å². The molecule has 114 valence electrons. The molecular weight excluding hydrogens is 272 g/mol. The number of carbonyl (C=O) groups is 2. The average Bonchev–Trinajstić information content (AvgIpc) is 2.84. The molecule has 1 aliphatic rings. The first-order valence-corrected chi connectivity index (χ1v) is 6.89. The molecule has 0 spiro atoms. The Kier molecular flexibility index (Phi) is 4.67. The fourth-order valence-electron chi connectivity index (χ4n) is 2.08. The number of nitrogens with zero attached hydrogens (tertiary/aromatic N) is 1. The molecule has 0 atom stereocenters. The van der Waals surface area contributed by atoms with E-state index in [-0.39, 0.29) is 31.2 Å². The quantitative estimate of drug-likeness (QED) is 0.888. The summed E-state index contributed by atoms with van der Waals surface area (Å²) in [5.74, 6) is 1.06. The minimum Gasteiger partial charge on any atom is -0.454 e. The van der Waals surface area contributed by atoms with Gasteiger partial charge in [-0.3, -0.25) is 9.59 Å². The summed E-state index contributed by atoms with van der Waals surface area (Å²) in [5.41, 5.74) is 0.895. The summed E-state index contributed by atoms with van der Waals surface area (Å²) in [6.07, 6.45) is 0. The van der Waals surface area contributed by atoms with Gasteiger partial charge in [-0.05, 0) is 31.5 Å². The van der Waals surface area contributed by atoms with Crippen molar-refractivity contribution in [3.8, 4) is 11.5 Å². The number of fused-ring (bicyclic) bond motifs is 1. The van der Waals surface area contributed by atoms with Gasteiger partial charge in [-0.25, -0.2) is 0 Å². The number of nitrogens with one attached hydrogen (secondary N) is 1. The van der Waals surface area contributed by atoms with E-state index < -0.39 is 0 Å². The molecule has 0 aromatic heterocycles. The number of amides is 2. The van der Waals surface area contributed by atoms with Gasteiger partial charge < -0.3 is 19.7 Å². The second-order valence-corrected chi connectivity index (χ2v) is 5.28. The summed E-state index contributed by atoms with van der Waals surface area (Å²) in [7, 11) is 0. The van der Waals surface area contributed by atoms with Gasteiger partial charge in [-0.2, -0.15) is 0 Å². The molecule has 1 heterocycles. The van der Waals surface area contributed by atoms with Crippen LogP contribution in [0.5, 0.6) is 11.5 Å². The van der Waals surface area contributed by atoms with Crippen LogP contribution in [0, 0.1) is 0 Å². The zero-order valence-electron chi connectivity index (χ0n) is 12.5. The Morgan fingerprint density at radius 1 is 1.29 bits per heavy atom. The van der Waals surface area contributed by atoms with E-state index in [1.807, 2.05) is 32.0 Å². The van der Waals surface area contributed by atoms with Crippen LogP contribution in [-0.4, -0.2) is 36.1 Å². The Labute approximate surface area is 124 Å². The fraction of sp³-hybridized carbons (Fsp3) is 0.467. The van der Waals surface area contributed by atoms with Gasteiger partial charge in [0.15, 0.2) is 11.5 Å². The van der Waals surface area contributed by atoms with Crippen LogP contribution in [-0.2, 0) is 16.1 Å². The van der Waals surface area contributed by atoms with Crippen molar-refractivity contribution < 1.29 is 19.1 Å². The molecule has 6 nitrogen and oxygen atoms in total. The molecule has 6 heteroatoms. The van der Waals surface area contributed by atoms with Crippen LogP contribution in [0.3, 0.4) is 0 Å². The molecule has 0 aliphatic carbocycles. The Morgan fingerprint density at radius 3 is 2.67 bits per heavy atom. The molecule has 0 unspecified atom stereocenters. The highest BCUT2D eigenvalue weighted by atomic mass is 16.7. The average molecular weight is 292 g/mol. The lowest BCUT2D eigenvalue weighted by molar-refractivity contribution is -0.135. The third kappa shape index (κ3) is 4.11. The number of ether oxygens (including phenoxy) is 2. The van der Waals surface area contributed by atoms with Gasteiger partial charge in [-0.1, -0.05) is 6.07 Å². The second-order valence-electron chi connectivity index (χ2n) is 5.28. The van der Waals surface area contributed by atoms with E-state index in [4.69, 9.17) is 9.47 Å². The standard InChI is InChI=1S/C15H20N2O4/c1-10(2)16-15(19)8-17(11(3)18)7-12-4-5-13-14(6-12)21-9-20-13/h4-6,10H,7-9H2,1-3H3,(H,16,19). The van der Waals surface area contributed by atoms with Crippen LogP contribution < -0.4 is 14.8 Å². The Hall–Kier alpha value is -2.24. The molecule has 1 aromatic carbocycles. The summed E-state index contributed by atoms with van der Waals surface area (Å²) < 4.78 is 10.6. The predicted molar refractivity (Wildman–Crippen MR) is 76.9 cm³/mol. The van der Waals surface area contributed by atoms with Gasteiger partial charge in [0.05, 0.1) is 6.54 Å². The van der Waals surface area contributed by atoms with Crippen molar-refractivity contribution in [1.82, 2.24) is 10.2 Å². The molecule has 0 radical (unpaired) electrons. The Morgan fingerprint density at radius 2 is 2.00 bits per heavy atom. The molecule has 2 rings (SSSR count). The SMILES string of the molecule is CC(=O)N(CC(=O)NC(C)C)Cc1ccc2c(c1)OCO2. The van der Waals surface area contributed by atoms with E-state index in [0.717, 1.165) is 5.56 Å². The lowest BCUT2D eigenvalue weighted by Gasteiger charge is -2.21. The zero-order valence-corrected chi connectivity index (χ0v) is 12.5. The topological polar surface area (TPSA) is 67.9 Å². The predicted octanol–water partition coefficient (Wildman–Crippen LogP) is 1.29. The monoisotopic (exact) mass is 292 g/mol. The maximum Gasteiger partial charge on any atom is 0.239 e. The van der Waals surface area contributed by atoms with Crippen LogP contribution >= 0.6 is 0 Å². The number of carbonyl (C=O) groups excluding carboxylic acids is 2. The summed E-state index contributed by atoms with van der Waals surface area (Å²) in [6.45, 7) is 5.84. The first kappa shape index (κ1) is 15.2. The van der Waals surface area contributed by atoms with E-state index in [1.165, 1.54) is 11.8 Å². The van der Waals surface area contributed by atoms with Gasteiger partial charge in [0.25, 0.3) is 0 Å². The Bertz CT molecular complexity index is 542. The summed E-state index contributed by atoms with van der Waals surface area (Å²) in [5, 5.41) is 2.78. The first-order chi connectivity index (χ1) is 9.95. The molecule has 0 saturated carbocycles. The van der Waals surface area contributed by atoms with Crippen molar-refractivity contribution in [3.63, 3.8) is 0 Å². The lowest BCUT2D eigenvalue weighted by atomic mass is 10.2. The molecule has 0 bridgehead atoms. The van der Waals surface area contributed by atoms with Crippen molar-refractivity contribution in [2.75, 3.05) is 13.3 Å². The normalized spacial score (nSPS) is 12.4. The van der Waals surface area contributed by atoms with E-state index in [1.54, 1.807) is 0 Å². The van der Waals surface area contributed by atoms with Gasteiger partial charge in [0.1, 0.15) is 0 Å². The third-order valence-electron chi connectivity index (χ3n) is 3.04. The summed E-state index contributed by atoms with van der Waals surface area (Å²) >= 11 is 0. The van der Waals surface area contributed by atoms with Gasteiger partial charge >= 0.3 is 0 Å². The van der Waals surface area contributed by atoms with Crippen LogP contribution in [0.15, 0.2) is 18.2 Å². The number of hydrogen-bond acceptors (Lipinski definition) is 4. The molecular formula is C15H20N2O4. The maximum atomic E-state index is 11.8. The molecule has 1 aliphatic heterocycles. The van der Waals surface area contributed by atoms with Crippen molar-refractivity contribution in [3.05, 3.63) is 23.8 Å². The second kappa shape index (κ2) is 6.47. The highest BCUT2D eigenvalue weighted by Gasteiger charge is 2.17. The molecule has 21 heavy (non-hydrogen) atoms. The largest absolute Gasteiger partial charge is 0.454 e. The van der Waals surface area contributed by atoms with E-state index in [9.17, 15) is 9.59 Å². The number of benzene rings is 1. The molecule has 1 aromatic rings. The summed E-state index contributed by atoms with van der Waals surface area (Å²) in [6, 6.07) is 5.56. The minimum atomic E-state index is -0.166. The summed E-state index contributed by atoms with van der Waals surface area (Å²) in [4.78, 5) is 25.0. The van der Waals surface area contributed by atoms with Crippen molar-refractivity contribution >= 4 is 11.8 Å². The number of hydrogen-bond donors (Lipinski definition) is 1. The molecule has 1 N–H and O–H groups in total. The lowest BCUT2D eigenvalue weighted by Crippen LogP contribution is -2.41. The minimum absolute atomic E-state index is 0.0436. The zero-order chi connectivity index (χ0) is 15.4. The fourth-order valence-corrected chi connectivity index (χ4v) is 2.08.